The average molecular weight is 231 g/mol. The maximum Gasteiger partial charge on any atom is 0.314 e. The van der Waals surface area contributed by atoms with E-state index in [1.807, 2.05) is 0 Å². The zero-order valence-corrected chi connectivity index (χ0v) is 9.37. The van der Waals surface area contributed by atoms with Crippen molar-refractivity contribution in [2.75, 3.05) is 13.1 Å². The molecule has 5 N–H and O–H groups in total. The number of nitrogens with one attached hydrogen (secondary N) is 2. The van der Waals surface area contributed by atoms with E-state index in [0.29, 0.717) is 0 Å². The minimum Gasteiger partial charge on any atom is -0.481 e. The van der Waals surface area contributed by atoms with E-state index in [9.17, 15) is 14.4 Å². The van der Waals surface area contributed by atoms with Crippen LogP contribution in [0.1, 0.15) is 20.3 Å². The van der Waals surface area contributed by atoms with Crippen molar-refractivity contribution in [3.63, 3.8) is 0 Å². The molecule has 0 aromatic carbocycles. The molecule has 0 aliphatic carbocycles. The normalized spacial score (nSPS) is 10.6. The largest absolute Gasteiger partial charge is 0.481 e. The van der Waals surface area contributed by atoms with Gasteiger partial charge in [0.2, 0.25) is 5.91 Å². The molecule has 0 rings (SSSR count). The molecule has 0 saturated carbocycles. The number of carboxylic acids is 1. The summed E-state index contributed by atoms with van der Waals surface area (Å²) in [5.41, 5.74) is 3.85. The summed E-state index contributed by atoms with van der Waals surface area (Å²) >= 11 is 0. The second-order valence-corrected chi connectivity index (χ2v) is 4.01. The van der Waals surface area contributed by atoms with E-state index in [2.05, 4.69) is 10.6 Å². The molecule has 0 aromatic heterocycles. The third-order valence-corrected chi connectivity index (χ3v) is 1.93. The quantitative estimate of drug-likeness (QED) is 0.481. The van der Waals surface area contributed by atoms with Crippen molar-refractivity contribution in [3.8, 4) is 0 Å². The number of urea groups is 1. The number of hydrogen-bond acceptors (Lipinski definition) is 3. The van der Waals surface area contributed by atoms with Crippen LogP contribution in [0.4, 0.5) is 4.79 Å². The number of carbonyl (C=O) groups excluding carboxylic acids is 2. The highest BCUT2D eigenvalue weighted by atomic mass is 16.4. The van der Waals surface area contributed by atoms with Gasteiger partial charge in [0.1, 0.15) is 0 Å². The van der Waals surface area contributed by atoms with Gasteiger partial charge in [-0.3, -0.25) is 9.59 Å². The Hall–Kier alpha value is -1.79. The summed E-state index contributed by atoms with van der Waals surface area (Å²) in [4.78, 5) is 32.2. The molecule has 92 valence electrons. The van der Waals surface area contributed by atoms with Gasteiger partial charge in [0.15, 0.2) is 0 Å². The van der Waals surface area contributed by atoms with Gasteiger partial charge in [0, 0.05) is 19.5 Å². The number of aliphatic carboxylic acids is 1. The minimum atomic E-state index is -1.03. The second-order valence-electron chi connectivity index (χ2n) is 4.01. The Labute approximate surface area is 93.4 Å². The summed E-state index contributed by atoms with van der Waals surface area (Å²) in [5.74, 6) is -1.50. The van der Waals surface area contributed by atoms with E-state index in [0.717, 1.165) is 0 Å². The molecule has 0 atom stereocenters. The smallest absolute Gasteiger partial charge is 0.314 e. The van der Waals surface area contributed by atoms with Crippen LogP contribution < -0.4 is 16.4 Å². The average Bonchev–Trinajstić information content (AvgIpc) is 2.14. The maximum atomic E-state index is 11.1. The predicted molar refractivity (Wildman–Crippen MR) is 56.6 cm³/mol. The first-order valence-corrected chi connectivity index (χ1v) is 4.79. The van der Waals surface area contributed by atoms with Crippen molar-refractivity contribution in [2.45, 2.75) is 20.3 Å². The monoisotopic (exact) mass is 231 g/mol. The Bertz CT molecular complexity index is 288. The molecule has 0 heterocycles. The van der Waals surface area contributed by atoms with Gasteiger partial charge in [0.25, 0.3) is 0 Å². The SMILES string of the molecule is CC(C)(CNC(=O)NCCC(N)=O)C(=O)O. The molecule has 0 spiro atoms. The number of primary amides is 1. The third kappa shape index (κ3) is 5.84. The Morgan fingerprint density at radius 2 is 1.81 bits per heavy atom. The van der Waals surface area contributed by atoms with E-state index in [1.54, 1.807) is 0 Å². The van der Waals surface area contributed by atoms with Crippen molar-refractivity contribution >= 4 is 17.9 Å². The molecule has 3 amide bonds. The lowest BCUT2D eigenvalue weighted by Gasteiger charge is -2.19. The first-order valence-electron chi connectivity index (χ1n) is 4.79. The molecule has 0 saturated heterocycles. The fourth-order valence-electron chi connectivity index (χ4n) is 0.739. The van der Waals surface area contributed by atoms with E-state index in [-0.39, 0.29) is 19.5 Å². The van der Waals surface area contributed by atoms with Crippen molar-refractivity contribution in [2.24, 2.45) is 11.1 Å². The van der Waals surface area contributed by atoms with Gasteiger partial charge >= 0.3 is 12.0 Å². The lowest BCUT2D eigenvalue weighted by atomic mass is 9.94. The van der Waals surface area contributed by atoms with E-state index < -0.39 is 23.3 Å². The highest BCUT2D eigenvalue weighted by molar-refractivity contribution is 5.78. The van der Waals surface area contributed by atoms with Crippen LogP contribution in [0.3, 0.4) is 0 Å². The predicted octanol–water partition coefficient (Wildman–Crippen LogP) is -0.728. The van der Waals surface area contributed by atoms with Gasteiger partial charge in [-0.05, 0) is 13.8 Å². The molecule has 0 aromatic rings. The second kappa shape index (κ2) is 5.94. The van der Waals surface area contributed by atoms with Crippen molar-refractivity contribution in [1.29, 1.82) is 0 Å². The third-order valence-electron chi connectivity index (χ3n) is 1.93. The molecule has 0 fully saturated rings. The molecule has 16 heavy (non-hydrogen) atoms. The zero-order valence-electron chi connectivity index (χ0n) is 9.37. The lowest BCUT2D eigenvalue weighted by molar-refractivity contribution is -0.146. The summed E-state index contributed by atoms with van der Waals surface area (Å²) in [6.45, 7) is 3.14. The molecular weight excluding hydrogens is 214 g/mol. The lowest BCUT2D eigenvalue weighted by Crippen LogP contribution is -2.44. The van der Waals surface area contributed by atoms with Crippen molar-refractivity contribution in [1.82, 2.24) is 10.6 Å². The van der Waals surface area contributed by atoms with Crippen LogP contribution in [0.2, 0.25) is 0 Å². The van der Waals surface area contributed by atoms with Gasteiger partial charge in [0.05, 0.1) is 5.41 Å². The topological polar surface area (TPSA) is 122 Å². The van der Waals surface area contributed by atoms with Crippen molar-refractivity contribution in [3.05, 3.63) is 0 Å². The van der Waals surface area contributed by atoms with Crippen LogP contribution in [0, 0.1) is 5.41 Å². The minimum absolute atomic E-state index is 0.00470. The number of carboxylic acid groups (broad SMARTS) is 1. The van der Waals surface area contributed by atoms with Gasteiger partial charge < -0.3 is 21.5 Å². The molecule has 0 radical (unpaired) electrons. The van der Waals surface area contributed by atoms with Crippen LogP contribution in [-0.2, 0) is 9.59 Å². The summed E-state index contributed by atoms with van der Waals surface area (Å²) in [5, 5.41) is 13.5. The van der Waals surface area contributed by atoms with Crippen LogP contribution in [0.5, 0.6) is 0 Å². The molecule has 7 heteroatoms. The van der Waals surface area contributed by atoms with Crippen LogP contribution >= 0.6 is 0 Å². The summed E-state index contributed by atoms with van der Waals surface area (Å²) < 4.78 is 0. The number of rotatable bonds is 6. The summed E-state index contributed by atoms with van der Waals surface area (Å²) in [6.07, 6.45) is 0.0513. The van der Waals surface area contributed by atoms with Gasteiger partial charge in [-0.25, -0.2) is 4.79 Å². The highest BCUT2D eigenvalue weighted by Gasteiger charge is 2.27. The Morgan fingerprint density at radius 3 is 2.25 bits per heavy atom. The molecule has 7 nitrogen and oxygen atoms in total. The molecule has 0 unspecified atom stereocenters. The van der Waals surface area contributed by atoms with Crippen LogP contribution in [0.15, 0.2) is 0 Å². The fourth-order valence-corrected chi connectivity index (χ4v) is 0.739. The first-order chi connectivity index (χ1) is 7.25. The highest BCUT2D eigenvalue weighted by Crippen LogP contribution is 2.12. The maximum absolute atomic E-state index is 11.1. The zero-order chi connectivity index (χ0) is 12.8. The standard InChI is InChI=1S/C9H17N3O4/c1-9(2,7(14)15)5-12-8(16)11-4-3-6(10)13/h3-5H2,1-2H3,(H2,10,13)(H,14,15)(H2,11,12,16). The molecule has 0 aliphatic heterocycles. The first kappa shape index (κ1) is 14.2. The van der Waals surface area contributed by atoms with Crippen LogP contribution in [0.25, 0.3) is 0 Å². The molecule has 0 aliphatic rings. The Morgan fingerprint density at radius 1 is 1.25 bits per heavy atom. The van der Waals surface area contributed by atoms with Gasteiger partial charge in [-0.1, -0.05) is 0 Å². The molecular formula is C9H17N3O4. The van der Waals surface area contributed by atoms with E-state index >= 15 is 0 Å². The number of amides is 3. The fraction of sp³-hybridized carbons (Fsp3) is 0.667. The Kier molecular flexibility index (Phi) is 5.27. The number of hydrogen-bond donors (Lipinski definition) is 4. The van der Waals surface area contributed by atoms with Crippen LogP contribution in [-0.4, -0.2) is 36.1 Å². The van der Waals surface area contributed by atoms with E-state index in [1.165, 1.54) is 13.8 Å². The number of carbonyl (C=O) groups is 3. The van der Waals surface area contributed by atoms with Gasteiger partial charge in [-0.2, -0.15) is 0 Å². The number of nitrogens with two attached hydrogens (primary N) is 1. The summed E-state index contributed by atoms with van der Waals surface area (Å²) in [6, 6.07) is -0.518. The Balaban J connectivity index is 3.82. The summed E-state index contributed by atoms with van der Waals surface area (Å²) in [7, 11) is 0. The molecule has 0 bridgehead atoms. The van der Waals surface area contributed by atoms with E-state index in [4.69, 9.17) is 10.8 Å². The van der Waals surface area contributed by atoms with Gasteiger partial charge in [-0.15, -0.1) is 0 Å². The van der Waals surface area contributed by atoms with Crippen molar-refractivity contribution < 1.29 is 19.5 Å².